The summed E-state index contributed by atoms with van der Waals surface area (Å²) in [6.07, 6.45) is 4.87. The first-order valence-electron chi connectivity index (χ1n) is 7.82. The van der Waals surface area contributed by atoms with Gasteiger partial charge >= 0.3 is 0 Å². The average molecular weight is 270 g/mol. The van der Waals surface area contributed by atoms with Gasteiger partial charge in [-0.05, 0) is 56.5 Å². The van der Waals surface area contributed by atoms with Crippen molar-refractivity contribution in [3.8, 4) is 0 Å². The molecule has 2 nitrogen and oxygen atoms in total. The molecule has 1 heterocycles. The van der Waals surface area contributed by atoms with Gasteiger partial charge < -0.3 is 5.32 Å². The van der Waals surface area contributed by atoms with Crippen molar-refractivity contribution in [2.45, 2.75) is 52.5 Å². The second kappa shape index (κ2) is 7.39. The highest BCUT2D eigenvalue weighted by molar-refractivity contribution is 5.79. The standard InChI is InChI=1S/C18H26N2/c1-4-6-17(19-5-2)11-8-15-9-12-18-16(13-15)10-7-14(3)20-18/h7,9-10,12-13,17,19H,4-6,8,11H2,1-3H3. The molecule has 2 heteroatoms. The van der Waals surface area contributed by atoms with E-state index in [0.29, 0.717) is 6.04 Å². The first kappa shape index (κ1) is 15.0. The monoisotopic (exact) mass is 270 g/mol. The van der Waals surface area contributed by atoms with Gasteiger partial charge in [-0.1, -0.05) is 32.4 Å². The van der Waals surface area contributed by atoms with Crippen molar-refractivity contribution >= 4 is 10.9 Å². The van der Waals surface area contributed by atoms with E-state index in [2.05, 4.69) is 54.5 Å². The molecule has 1 atom stereocenters. The van der Waals surface area contributed by atoms with E-state index in [-0.39, 0.29) is 0 Å². The molecule has 0 aliphatic carbocycles. The van der Waals surface area contributed by atoms with Crippen molar-refractivity contribution < 1.29 is 0 Å². The van der Waals surface area contributed by atoms with Crippen LogP contribution in [-0.4, -0.2) is 17.6 Å². The van der Waals surface area contributed by atoms with E-state index in [1.165, 1.54) is 30.2 Å². The van der Waals surface area contributed by atoms with Gasteiger partial charge in [0.25, 0.3) is 0 Å². The fraction of sp³-hybridized carbons (Fsp3) is 0.500. The maximum atomic E-state index is 4.56. The maximum Gasteiger partial charge on any atom is 0.0705 e. The van der Waals surface area contributed by atoms with E-state index < -0.39 is 0 Å². The average Bonchev–Trinajstić information content (AvgIpc) is 2.45. The molecular weight excluding hydrogens is 244 g/mol. The SMILES string of the molecule is CCCC(CCc1ccc2nc(C)ccc2c1)NCC. The summed E-state index contributed by atoms with van der Waals surface area (Å²) in [5.74, 6) is 0. The van der Waals surface area contributed by atoms with Crippen LogP contribution in [-0.2, 0) is 6.42 Å². The largest absolute Gasteiger partial charge is 0.314 e. The molecule has 0 bridgehead atoms. The van der Waals surface area contributed by atoms with Crippen molar-refractivity contribution in [2.24, 2.45) is 0 Å². The molecule has 0 aliphatic rings. The van der Waals surface area contributed by atoms with Gasteiger partial charge in [-0.3, -0.25) is 4.98 Å². The van der Waals surface area contributed by atoms with Crippen LogP contribution < -0.4 is 5.32 Å². The lowest BCUT2D eigenvalue weighted by Crippen LogP contribution is -2.29. The highest BCUT2D eigenvalue weighted by Gasteiger charge is 2.06. The Hall–Kier alpha value is -1.41. The Bertz CT molecular complexity index is 542. The van der Waals surface area contributed by atoms with Gasteiger partial charge in [0.05, 0.1) is 5.52 Å². The molecule has 0 saturated heterocycles. The zero-order valence-electron chi connectivity index (χ0n) is 12.9. The molecule has 0 amide bonds. The van der Waals surface area contributed by atoms with Crippen molar-refractivity contribution in [2.75, 3.05) is 6.54 Å². The van der Waals surface area contributed by atoms with Gasteiger partial charge in [0.2, 0.25) is 0 Å². The van der Waals surface area contributed by atoms with Gasteiger partial charge in [0, 0.05) is 17.1 Å². The summed E-state index contributed by atoms with van der Waals surface area (Å²) in [7, 11) is 0. The van der Waals surface area contributed by atoms with Crippen LogP contribution >= 0.6 is 0 Å². The lowest BCUT2D eigenvalue weighted by Gasteiger charge is -2.17. The molecule has 0 saturated carbocycles. The third-order valence-electron chi connectivity index (χ3n) is 3.80. The highest BCUT2D eigenvalue weighted by atomic mass is 14.9. The molecule has 0 aliphatic heterocycles. The fourth-order valence-corrected chi connectivity index (χ4v) is 2.76. The summed E-state index contributed by atoms with van der Waals surface area (Å²) in [6, 6.07) is 11.6. The van der Waals surface area contributed by atoms with Crippen LogP contribution in [0.15, 0.2) is 30.3 Å². The molecule has 2 aromatic rings. The van der Waals surface area contributed by atoms with Gasteiger partial charge in [0.15, 0.2) is 0 Å². The Morgan fingerprint density at radius 3 is 2.70 bits per heavy atom. The summed E-state index contributed by atoms with van der Waals surface area (Å²) < 4.78 is 0. The molecule has 0 spiro atoms. The first-order valence-corrected chi connectivity index (χ1v) is 7.82. The summed E-state index contributed by atoms with van der Waals surface area (Å²) in [4.78, 5) is 4.56. The van der Waals surface area contributed by atoms with E-state index in [9.17, 15) is 0 Å². The zero-order chi connectivity index (χ0) is 14.4. The Balaban J connectivity index is 2.03. The molecule has 1 N–H and O–H groups in total. The topological polar surface area (TPSA) is 24.9 Å². The number of hydrogen-bond donors (Lipinski definition) is 1. The molecule has 1 aromatic carbocycles. The van der Waals surface area contributed by atoms with Gasteiger partial charge in [-0.15, -0.1) is 0 Å². The number of aromatic nitrogens is 1. The third kappa shape index (κ3) is 4.04. The predicted molar refractivity (Wildman–Crippen MR) is 87.2 cm³/mol. The maximum absolute atomic E-state index is 4.56. The minimum atomic E-state index is 0.650. The minimum Gasteiger partial charge on any atom is -0.314 e. The molecule has 1 aromatic heterocycles. The Morgan fingerprint density at radius 2 is 1.95 bits per heavy atom. The quantitative estimate of drug-likeness (QED) is 0.813. The van der Waals surface area contributed by atoms with Gasteiger partial charge in [-0.2, -0.15) is 0 Å². The second-order valence-corrected chi connectivity index (χ2v) is 5.56. The van der Waals surface area contributed by atoms with E-state index >= 15 is 0 Å². The van der Waals surface area contributed by atoms with Gasteiger partial charge in [0.1, 0.15) is 0 Å². The van der Waals surface area contributed by atoms with Crippen molar-refractivity contribution in [3.63, 3.8) is 0 Å². The Morgan fingerprint density at radius 1 is 1.10 bits per heavy atom. The zero-order valence-corrected chi connectivity index (χ0v) is 12.9. The van der Waals surface area contributed by atoms with E-state index in [0.717, 1.165) is 24.2 Å². The predicted octanol–water partition coefficient (Wildman–Crippen LogP) is 4.25. The normalized spacial score (nSPS) is 12.8. The number of pyridine rings is 1. The van der Waals surface area contributed by atoms with Crippen LogP contribution in [0.5, 0.6) is 0 Å². The highest BCUT2D eigenvalue weighted by Crippen LogP contribution is 2.17. The summed E-state index contributed by atoms with van der Waals surface area (Å²) in [6.45, 7) is 7.55. The number of nitrogens with one attached hydrogen (secondary N) is 1. The number of nitrogens with zero attached hydrogens (tertiary/aromatic N) is 1. The van der Waals surface area contributed by atoms with Crippen molar-refractivity contribution in [1.29, 1.82) is 0 Å². The number of fused-ring (bicyclic) bond motifs is 1. The van der Waals surface area contributed by atoms with Crippen molar-refractivity contribution in [3.05, 3.63) is 41.6 Å². The van der Waals surface area contributed by atoms with E-state index in [1.54, 1.807) is 0 Å². The summed E-state index contributed by atoms with van der Waals surface area (Å²) >= 11 is 0. The van der Waals surface area contributed by atoms with Crippen LogP contribution in [0.4, 0.5) is 0 Å². The van der Waals surface area contributed by atoms with E-state index in [4.69, 9.17) is 0 Å². The fourth-order valence-electron chi connectivity index (χ4n) is 2.76. The number of rotatable bonds is 7. The summed E-state index contributed by atoms with van der Waals surface area (Å²) in [5, 5.41) is 4.84. The molecule has 0 fully saturated rings. The van der Waals surface area contributed by atoms with Crippen LogP contribution in [0.1, 0.15) is 44.4 Å². The lowest BCUT2D eigenvalue weighted by molar-refractivity contribution is 0.460. The van der Waals surface area contributed by atoms with Gasteiger partial charge in [-0.25, -0.2) is 0 Å². The van der Waals surface area contributed by atoms with Crippen LogP contribution in [0, 0.1) is 6.92 Å². The molecular formula is C18H26N2. The number of aryl methyl sites for hydroxylation is 2. The smallest absolute Gasteiger partial charge is 0.0705 e. The lowest BCUT2D eigenvalue weighted by atomic mass is 10.0. The third-order valence-corrected chi connectivity index (χ3v) is 3.80. The summed E-state index contributed by atoms with van der Waals surface area (Å²) in [5.41, 5.74) is 3.60. The van der Waals surface area contributed by atoms with E-state index in [1.807, 2.05) is 6.92 Å². The second-order valence-electron chi connectivity index (χ2n) is 5.56. The molecule has 2 rings (SSSR count). The van der Waals surface area contributed by atoms with Crippen LogP contribution in [0.25, 0.3) is 10.9 Å². The van der Waals surface area contributed by atoms with Crippen LogP contribution in [0.2, 0.25) is 0 Å². The molecule has 108 valence electrons. The molecule has 20 heavy (non-hydrogen) atoms. The molecule has 0 radical (unpaired) electrons. The number of benzene rings is 1. The molecule has 1 unspecified atom stereocenters. The van der Waals surface area contributed by atoms with Crippen molar-refractivity contribution in [1.82, 2.24) is 10.3 Å². The number of hydrogen-bond acceptors (Lipinski definition) is 2. The first-order chi connectivity index (χ1) is 9.72. The minimum absolute atomic E-state index is 0.650. The Kier molecular flexibility index (Phi) is 5.54. The Labute approximate surface area is 122 Å². The van der Waals surface area contributed by atoms with Crippen LogP contribution in [0.3, 0.4) is 0 Å².